The third-order valence-electron chi connectivity index (χ3n) is 4.41. The minimum absolute atomic E-state index is 0.0588. The van der Waals surface area contributed by atoms with Crippen LogP contribution in [0.4, 0.5) is 0 Å². The van der Waals surface area contributed by atoms with Gasteiger partial charge in [0.1, 0.15) is 6.04 Å². The third-order valence-corrected chi connectivity index (χ3v) is 7.25. The number of rotatable bonds is 8. The molecule has 1 amide bonds. The number of carboxylic acids is 1. The zero-order valence-electron chi connectivity index (χ0n) is 16.2. The number of amides is 1. The number of hydrogen-bond donors (Lipinski definition) is 3. The molecule has 3 rings (SSSR count). The number of carbonyl (C=O) groups is 2. The van der Waals surface area contributed by atoms with E-state index in [-0.39, 0.29) is 9.77 Å². The number of aromatic nitrogens is 1. The Kier molecular flexibility index (Phi) is 7.06. The molecule has 2 heterocycles. The number of nitrogens with one attached hydrogen (secondary N) is 2. The van der Waals surface area contributed by atoms with Gasteiger partial charge in [-0.25, -0.2) is 8.42 Å². The molecule has 0 unspecified atom stereocenters. The average Bonchev–Trinajstić information content (AvgIpc) is 3.17. The Morgan fingerprint density at radius 3 is 2.58 bits per heavy atom. The van der Waals surface area contributed by atoms with Gasteiger partial charge in [0.2, 0.25) is 10.0 Å². The first-order chi connectivity index (χ1) is 14.7. The Morgan fingerprint density at radius 2 is 1.97 bits per heavy atom. The largest absolute Gasteiger partial charge is 0.480 e. The number of thiophene rings is 1. The van der Waals surface area contributed by atoms with Crippen LogP contribution in [0, 0.1) is 6.92 Å². The normalized spacial score (nSPS) is 12.3. The number of carboxylic acid groups (broad SMARTS) is 1. The van der Waals surface area contributed by atoms with E-state index in [0.717, 1.165) is 16.9 Å². The summed E-state index contributed by atoms with van der Waals surface area (Å²) < 4.78 is 28.5. The highest BCUT2D eigenvalue weighted by atomic mass is 35.5. The molecule has 0 spiro atoms. The van der Waals surface area contributed by atoms with E-state index in [4.69, 9.17) is 11.6 Å². The maximum atomic E-state index is 13.0. The van der Waals surface area contributed by atoms with Crippen LogP contribution in [0.1, 0.15) is 15.2 Å². The monoisotopic (exact) mass is 479 g/mol. The lowest BCUT2D eigenvalue weighted by atomic mass is 10.0. The van der Waals surface area contributed by atoms with Crippen molar-refractivity contribution in [3.05, 3.63) is 69.6 Å². The van der Waals surface area contributed by atoms with Crippen LogP contribution in [0.3, 0.4) is 0 Å². The molecule has 2 aromatic heterocycles. The summed E-state index contributed by atoms with van der Waals surface area (Å²) in [7, 11) is -4.20. The summed E-state index contributed by atoms with van der Waals surface area (Å²) >= 11 is 6.82. The van der Waals surface area contributed by atoms with Gasteiger partial charge in [-0.2, -0.15) is 4.72 Å². The number of aliphatic carboxylic acids is 1. The Hall–Kier alpha value is -2.79. The van der Waals surface area contributed by atoms with Crippen LogP contribution >= 0.6 is 22.9 Å². The lowest BCUT2D eigenvalue weighted by molar-refractivity contribution is -0.138. The fourth-order valence-corrected chi connectivity index (χ4v) is 5.30. The minimum Gasteiger partial charge on any atom is -0.480 e. The van der Waals surface area contributed by atoms with E-state index in [2.05, 4.69) is 15.0 Å². The maximum absolute atomic E-state index is 13.0. The summed E-state index contributed by atoms with van der Waals surface area (Å²) in [5.74, 6) is -1.97. The third kappa shape index (κ3) is 5.47. The number of sulfonamides is 1. The first-order valence-corrected chi connectivity index (χ1v) is 11.7. The van der Waals surface area contributed by atoms with E-state index in [1.807, 2.05) is 0 Å². The van der Waals surface area contributed by atoms with Crippen LogP contribution in [0.5, 0.6) is 0 Å². The van der Waals surface area contributed by atoms with Crippen molar-refractivity contribution in [1.82, 2.24) is 15.0 Å². The number of benzene rings is 1. The number of pyridine rings is 1. The number of halogens is 1. The highest BCUT2D eigenvalue weighted by molar-refractivity contribution is 7.89. The van der Waals surface area contributed by atoms with Gasteiger partial charge in [-0.05, 0) is 42.3 Å². The van der Waals surface area contributed by atoms with Crippen LogP contribution < -0.4 is 10.0 Å². The molecule has 8 nitrogen and oxygen atoms in total. The first kappa shape index (κ1) is 22.9. The SMILES string of the molecule is Cc1c(-c2cccnc2)cccc1S(=O)(=O)N[C@@H](CNC(=O)c1ccc(Cl)s1)C(=O)O. The van der Waals surface area contributed by atoms with Crippen LogP contribution in [0.15, 0.2) is 59.8 Å². The maximum Gasteiger partial charge on any atom is 0.323 e. The lowest BCUT2D eigenvalue weighted by Crippen LogP contribution is -2.48. The smallest absolute Gasteiger partial charge is 0.323 e. The molecule has 0 fully saturated rings. The van der Waals surface area contributed by atoms with Crippen LogP contribution in [-0.4, -0.2) is 43.0 Å². The van der Waals surface area contributed by atoms with E-state index in [1.165, 1.54) is 18.2 Å². The molecule has 0 radical (unpaired) electrons. The van der Waals surface area contributed by atoms with E-state index in [9.17, 15) is 23.1 Å². The predicted molar refractivity (Wildman–Crippen MR) is 118 cm³/mol. The van der Waals surface area contributed by atoms with Gasteiger partial charge in [0.05, 0.1) is 14.1 Å². The van der Waals surface area contributed by atoms with Gasteiger partial charge >= 0.3 is 5.97 Å². The number of hydrogen-bond acceptors (Lipinski definition) is 6. The van der Waals surface area contributed by atoms with Crippen molar-refractivity contribution < 1.29 is 23.1 Å². The highest BCUT2D eigenvalue weighted by Gasteiger charge is 2.28. The zero-order chi connectivity index (χ0) is 22.6. The molecule has 3 N–H and O–H groups in total. The molecule has 1 aromatic carbocycles. The van der Waals surface area contributed by atoms with Crippen molar-refractivity contribution in [2.24, 2.45) is 0 Å². The molecule has 162 valence electrons. The standard InChI is InChI=1S/C20H18ClN3O5S2/c1-12-14(13-4-3-9-22-10-13)5-2-6-17(12)31(28,29)24-15(20(26)27)11-23-19(25)16-7-8-18(21)30-16/h2-10,15,24H,11H2,1H3,(H,23,25)(H,26,27)/t15-/m0/s1. The second-order valence-corrected chi connectivity index (χ2v) is 9.89. The Labute approximate surface area is 188 Å². The molecule has 0 aliphatic rings. The summed E-state index contributed by atoms with van der Waals surface area (Å²) in [5, 5.41) is 11.9. The molecule has 0 saturated heterocycles. The van der Waals surface area contributed by atoms with E-state index in [1.54, 1.807) is 43.6 Å². The van der Waals surface area contributed by atoms with Crippen molar-refractivity contribution in [2.45, 2.75) is 17.9 Å². The second-order valence-electron chi connectivity index (χ2n) is 6.50. The first-order valence-electron chi connectivity index (χ1n) is 8.97. The summed E-state index contributed by atoms with van der Waals surface area (Å²) in [6.45, 7) is 1.19. The Bertz CT molecular complexity index is 1210. The van der Waals surface area contributed by atoms with Gasteiger partial charge in [0.15, 0.2) is 0 Å². The number of carbonyl (C=O) groups excluding carboxylic acids is 1. The van der Waals surface area contributed by atoms with Crippen LogP contribution in [-0.2, 0) is 14.8 Å². The molecular formula is C20H18ClN3O5S2. The summed E-state index contributed by atoms with van der Waals surface area (Å²) in [4.78, 5) is 28.0. The number of nitrogens with zero attached hydrogens (tertiary/aromatic N) is 1. The van der Waals surface area contributed by atoms with Gasteiger partial charge in [-0.15, -0.1) is 11.3 Å². The van der Waals surface area contributed by atoms with E-state index in [0.29, 0.717) is 15.5 Å². The highest BCUT2D eigenvalue weighted by Crippen LogP contribution is 2.27. The van der Waals surface area contributed by atoms with E-state index < -0.39 is 34.5 Å². The topological polar surface area (TPSA) is 125 Å². The van der Waals surface area contributed by atoms with Gasteiger partial charge in [0, 0.05) is 24.5 Å². The quantitative estimate of drug-likeness (QED) is 0.456. The molecule has 0 aliphatic heterocycles. The van der Waals surface area contributed by atoms with Crippen molar-refractivity contribution in [3.63, 3.8) is 0 Å². The van der Waals surface area contributed by atoms with Crippen LogP contribution in [0.2, 0.25) is 4.34 Å². The molecule has 0 saturated carbocycles. The zero-order valence-corrected chi connectivity index (χ0v) is 18.6. The van der Waals surface area contributed by atoms with Crippen molar-refractivity contribution in [1.29, 1.82) is 0 Å². The average molecular weight is 480 g/mol. The fourth-order valence-electron chi connectivity index (χ4n) is 2.89. The van der Waals surface area contributed by atoms with Crippen molar-refractivity contribution in [2.75, 3.05) is 6.54 Å². The molecule has 1 atom stereocenters. The predicted octanol–water partition coefficient (Wildman–Crippen LogP) is 2.93. The van der Waals surface area contributed by atoms with E-state index >= 15 is 0 Å². The Morgan fingerprint density at radius 1 is 1.19 bits per heavy atom. The minimum atomic E-state index is -4.20. The lowest BCUT2D eigenvalue weighted by Gasteiger charge is -2.17. The molecule has 11 heteroatoms. The second kappa shape index (κ2) is 9.56. The molecular weight excluding hydrogens is 462 g/mol. The summed E-state index contributed by atoms with van der Waals surface area (Å²) in [6, 6.07) is 9.72. The Balaban J connectivity index is 1.80. The van der Waals surface area contributed by atoms with Crippen molar-refractivity contribution >= 4 is 44.8 Å². The van der Waals surface area contributed by atoms with Gasteiger partial charge in [-0.1, -0.05) is 29.8 Å². The van der Waals surface area contributed by atoms with Gasteiger partial charge in [-0.3, -0.25) is 14.6 Å². The van der Waals surface area contributed by atoms with Gasteiger partial charge < -0.3 is 10.4 Å². The molecule has 0 bridgehead atoms. The molecule has 3 aromatic rings. The molecule has 31 heavy (non-hydrogen) atoms. The fraction of sp³-hybridized carbons (Fsp3) is 0.150. The van der Waals surface area contributed by atoms with Crippen molar-refractivity contribution in [3.8, 4) is 11.1 Å². The molecule has 0 aliphatic carbocycles. The van der Waals surface area contributed by atoms with Gasteiger partial charge in [0.25, 0.3) is 5.91 Å². The summed E-state index contributed by atoms with van der Waals surface area (Å²) in [6.07, 6.45) is 3.22. The van der Waals surface area contributed by atoms with Crippen LogP contribution in [0.25, 0.3) is 11.1 Å². The summed E-state index contributed by atoms with van der Waals surface area (Å²) in [5.41, 5.74) is 1.84.